The molecule has 2 rings (SSSR count). The second kappa shape index (κ2) is 7.38. The van der Waals surface area contributed by atoms with Crippen LogP contribution in [0.25, 0.3) is 0 Å². The Kier molecular flexibility index (Phi) is 5.52. The van der Waals surface area contributed by atoms with Gasteiger partial charge in [0.1, 0.15) is 5.82 Å². The third-order valence-electron chi connectivity index (χ3n) is 3.45. The van der Waals surface area contributed by atoms with Gasteiger partial charge in [-0.3, -0.25) is 9.69 Å². The quantitative estimate of drug-likeness (QED) is 0.905. The molecule has 0 saturated carbocycles. The van der Waals surface area contributed by atoms with Gasteiger partial charge in [-0.05, 0) is 49.9 Å². The molecule has 1 N–H and O–H groups in total. The Morgan fingerprint density at radius 1 is 1.27 bits per heavy atom. The molecule has 5 heteroatoms. The maximum Gasteiger partial charge on any atom is 0.241 e. The van der Waals surface area contributed by atoms with Crippen molar-refractivity contribution in [3.05, 3.63) is 64.9 Å². The Bertz CT molecular complexity index is 663. The number of nitrogens with one attached hydrogen (secondary N) is 1. The van der Waals surface area contributed by atoms with E-state index in [4.69, 9.17) is 11.6 Å². The van der Waals surface area contributed by atoms with E-state index in [1.807, 2.05) is 18.0 Å². The Morgan fingerprint density at radius 2 is 2.00 bits per heavy atom. The standard InChI is InChI=1S/C17H18ClFN2O/c1-12(17(22)20-16-8-4-6-14(18)10-16)21(2)11-13-5-3-7-15(19)9-13/h3-10,12H,11H2,1-2H3,(H,20,22)/t12-/m1/s1. The van der Waals surface area contributed by atoms with Crippen LogP contribution in [-0.2, 0) is 11.3 Å². The highest BCUT2D eigenvalue weighted by Crippen LogP contribution is 2.16. The highest BCUT2D eigenvalue weighted by Gasteiger charge is 2.18. The van der Waals surface area contributed by atoms with Gasteiger partial charge >= 0.3 is 0 Å². The number of carbonyl (C=O) groups is 1. The van der Waals surface area contributed by atoms with Crippen molar-refractivity contribution >= 4 is 23.2 Å². The summed E-state index contributed by atoms with van der Waals surface area (Å²) in [6.45, 7) is 2.29. The molecule has 1 amide bonds. The van der Waals surface area contributed by atoms with E-state index < -0.39 is 0 Å². The van der Waals surface area contributed by atoms with E-state index in [-0.39, 0.29) is 17.8 Å². The van der Waals surface area contributed by atoms with Crippen LogP contribution in [-0.4, -0.2) is 23.9 Å². The van der Waals surface area contributed by atoms with Crippen molar-refractivity contribution in [3.63, 3.8) is 0 Å². The van der Waals surface area contributed by atoms with Gasteiger partial charge in [-0.1, -0.05) is 29.8 Å². The lowest BCUT2D eigenvalue weighted by atomic mass is 10.2. The molecule has 1 atom stereocenters. The summed E-state index contributed by atoms with van der Waals surface area (Å²) in [5, 5.41) is 3.39. The minimum atomic E-state index is -0.359. The molecule has 116 valence electrons. The van der Waals surface area contributed by atoms with Crippen molar-refractivity contribution in [1.82, 2.24) is 4.90 Å². The topological polar surface area (TPSA) is 32.3 Å². The molecule has 0 bridgehead atoms. The summed E-state index contributed by atoms with van der Waals surface area (Å²) < 4.78 is 13.2. The molecular formula is C17H18ClFN2O. The number of likely N-dealkylation sites (N-methyl/N-ethyl adjacent to an activating group) is 1. The number of halogens is 2. The maximum absolute atomic E-state index is 13.2. The first-order valence-corrected chi connectivity index (χ1v) is 7.34. The molecule has 0 saturated heterocycles. The molecule has 2 aromatic rings. The Balaban J connectivity index is 1.97. The molecule has 3 nitrogen and oxygen atoms in total. The molecule has 0 spiro atoms. The third kappa shape index (κ3) is 4.55. The van der Waals surface area contributed by atoms with Crippen LogP contribution in [0, 0.1) is 5.82 Å². The van der Waals surface area contributed by atoms with Crippen LogP contribution in [0.3, 0.4) is 0 Å². The molecule has 0 radical (unpaired) electrons. The van der Waals surface area contributed by atoms with Crippen molar-refractivity contribution in [2.75, 3.05) is 12.4 Å². The average molecular weight is 321 g/mol. The van der Waals surface area contributed by atoms with Gasteiger partial charge in [0, 0.05) is 17.3 Å². The van der Waals surface area contributed by atoms with Gasteiger partial charge in [0.15, 0.2) is 0 Å². The van der Waals surface area contributed by atoms with E-state index in [2.05, 4.69) is 5.32 Å². The number of carbonyl (C=O) groups excluding carboxylic acids is 1. The summed E-state index contributed by atoms with van der Waals surface area (Å²) in [6, 6.07) is 13.0. The van der Waals surface area contributed by atoms with E-state index in [9.17, 15) is 9.18 Å². The summed E-state index contributed by atoms with van der Waals surface area (Å²) in [6.07, 6.45) is 0. The first-order valence-electron chi connectivity index (χ1n) is 6.97. The first kappa shape index (κ1) is 16.5. The van der Waals surface area contributed by atoms with Gasteiger partial charge in [-0.2, -0.15) is 0 Å². The summed E-state index contributed by atoms with van der Waals surface area (Å²) in [4.78, 5) is 14.1. The van der Waals surface area contributed by atoms with E-state index in [1.54, 1.807) is 37.3 Å². The Hall–Kier alpha value is -1.91. The highest BCUT2D eigenvalue weighted by molar-refractivity contribution is 6.30. The van der Waals surface area contributed by atoms with Gasteiger partial charge in [0.25, 0.3) is 0 Å². The lowest BCUT2D eigenvalue weighted by Crippen LogP contribution is -2.39. The van der Waals surface area contributed by atoms with Gasteiger partial charge in [-0.15, -0.1) is 0 Å². The summed E-state index contributed by atoms with van der Waals surface area (Å²) >= 11 is 5.90. The lowest BCUT2D eigenvalue weighted by molar-refractivity contribution is -0.120. The smallest absolute Gasteiger partial charge is 0.241 e. The van der Waals surface area contributed by atoms with Crippen molar-refractivity contribution in [1.29, 1.82) is 0 Å². The Labute approximate surface area is 134 Å². The number of benzene rings is 2. The minimum Gasteiger partial charge on any atom is -0.325 e. The fourth-order valence-electron chi connectivity index (χ4n) is 2.07. The zero-order valence-electron chi connectivity index (χ0n) is 12.5. The van der Waals surface area contributed by atoms with Crippen molar-refractivity contribution < 1.29 is 9.18 Å². The second-order valence-corrected chi connectivity index (χ2v) is 5.66. The number of hydrogen-bond acceptors (Lipinski definition) is 2. The predicted octanol–water partition coefficient (Wildman–Crippen LogP) is 3.94. The van der Waals surface area contributed by atoms with Crippen molar-refractivity contribution in [2.45, 2.75) is 19.5 Å². The zero-order valence-corrected chi connectivity index (χ0v) is 13.3. The van der Waals surface area contributed by atoms with Gasteiger partial charge in [0.05, 0.1) is 6.04 Å². The molecule has 0 aliphatic carbocycles. The van der Waals surface area contributed by atoms with Crippen LogP contribution in [0.5, 0.6) is 0 Å². The zero-order chi connectivity index (χ0) is 16.1. The lowest BCUT2D eigenvalue weighted by Gasteiger charge is -2.24. The summed E-state index contributed by atoms with van der Waals surface area (Å²) in [5.74, 6) is -0.414. The molecule has 2 aromatic carbocycles. The van der Waals surface area contributed by atoms with Crippen LogP contribution in [0.1, 0.15) is 12.5 Å². The molecule has 0 aromatic heterocycles. The van der Waals surface area contributed by atoms with Crippen LogP contribution in [0.2, 0.25) is 5.02 Å². The fraction of sp³-hybridized carbons (Fsp3) is 0.235. The van der Waals surface area contributed by atoms with Gasteiger partial charge < -0.3 is 5.32 Å². The second-order valence-electron chi connectivity index (χ2n) is 5.22. The Morgan fingerprint density at radius 3 is 2.68 bits per heavy atom. The van der Waals surface area contributed by atoms with E-state index >= 15 is 0 Å². The van der Waals surface area contributed by atoms with Crippen molar-refractivity contribution in [2.24, 2.45) is 0 Å². The molecule has 0 aliphatic rings. The predicted molar refractivity (Wildman–Crippen MR) is 87.4 cm³/mol. The summed E-state index contributed by atoms with van der Waals surface area (Å²) in [7, 11) is 1.83. The number of amides is 1. The van der Waals surface area contributed by atoms with E-state index in [0.717, 1.165) is 5.56 Å². The molecule has 0 unspecified atom stereocenters. The van der Waals surface area contributed by atoms with E-state index in [1.165, 1.54) is 12.1 Å². The minimum absolute atomic E-state index is 0.138. The average Bonchev–Trinajstić information content (AvgIpc) is 2.46. The number of nitrogens with zero attached hydrogens (tertiary/aromatic N) is 1. The molecule has 0 fully saturated rings. The van der Waals surface area contributed by atoms with Crippen LogP contribution < -0.4 is 5.32 Å². The van der Waals surface area contributed by atoms with E-state index in [0.29, 0.717) is 17.3 Å². The molecule has 0 aliphatic heterocycles. The SMILES string of the molecule is C[C@H](C(=O)Nc1cccc(Cl)c1)N(C)Cc1cccc(F)c1. The molecular weight excluding hydrogens is 303 g/mol. The van der Waals surface area contributed by atoms with Crippen LogP contribution >= 0.6 is 11.6 Å². The largest absolute Gasteiger partial charge is 0.325 e. The maximum atomic E-state index is 13.2. The highest BCUT2D eigenvalue weighted by atomic mass is 35.5. The monoisotopic (exact) mass is 320 g/mol. The number of hydrogen-bond donors (Lipinski definition) is 1. The first-order chi connectivity index (χ1) is 10.5. The molecule has 0 heterocycles. The van der Waals surface area contributed by atoms with Gasteiger partial charge in [-0.25, -0.2) is 4.39 Å². The summed E-state index contributed by atoms with van der Waals surface area (Å²) in [5.41, 5.74) is 1.48. The number of anilines is 1. The molecule has 22 heavy (non-hydrogen) atoms. The fourth-order valence-corrected chi connectivity index (χ4v) is 2.26. The normalized spacial score (nSPS) is 12.2. The van der Waals surface area contributed by atoms with Crippen LogP contribution in [0.4, 0.5) is 10.1 Å². The number of rotatable bonds is 5. The van der Waals surface area contributed by atoms with Crippen LogP contribution in [0.15, 0.2) is 48.5 Å². The third-order valence-corrected chi connectivity index (χ3v) is 3.69. The van der Waals surface area contributed by atoms with Gasteiger partial charge in [0.2, 0.25) is 5.91 Å². The van der Waals surface area contributed by atoms with Crippen molar-refractivity contribution in [3.8, 4) is 0 Å².